The maximum absolute atomic E-state index is 12.2. The SMILES string of the molecule is Cn1c(O)c(C(N=N)c2ccccc2)c(=O)n(C)c1=O. The highest BCUT2D eigenvalue weighted by Gasteiger charge is 2.24. The number of nitrogens with one attached hydrogen (secondary N) is 1. The number of benzene rings is 1. The zero-order chi connectivity index (χ0) is 14.9. The van der Waals surface area contributed by atoms with Crippen molar-refractivity contribution in [2.75, 3.05) is 0 Å². The molecule has 0 aliphatic heterocycles. The van der Waals surface area contributed by atoms with Gasteiger partial charge in [0.05, 0.1) is 0 Å². The molecule has 20 heavy (non-hydrogen) atoms. The van der Waals surface area contributed by atoms with E-state index < -0.39 is 23.2 Å². The molecule has 1 aromatic carbocycles. The summed E-state index contributed by atoms with van der Waals surface area (Å²) in [7, 11) is 2.67. The summed E-state index contributed by atoms with van der Waals surface area (Å²) >= 11 is 0. The molecular formula is C13H14N4O3. The number of hydrogen-bond acceptors (Lipinski definition) is 5. The van der Waals surface area contributed by atoms with Crippen LogP contribution in [0.5, 0.6) is 5.88 Å². The Morgan fingerprint density at radius 2 is 1.75 bits per heavy atom. The fourth-order valence-electron chi connectivity index (χ4n) is 2.04. The van der Waals surface area contributed by atoms with Crippen LogP contribution in [0.3, 0.4) is 0 Å². The summed E-state index contributed by atoms with van der Waals surface area (Å²) in [6.07, 6.45) is 0. The Morgan fingerprint density at radius 1 is 1.15 bits per heavy atom. The van der Waals surface area contributed by atoms with E-state index in [0.717, 1.165) is 9.13 Å². The van der Waals surface area contributed by atoms with E-state index in [0.29, 0.717) is 5.56 Å². The molecule has 0 radical (unpaired) electrons. The quantitative estimate of drug-likeness (QED) is 0.813. The predicted octanol–water partition coefficient (Wildman–Crippen LogP) is 0.910. The lowest BCUT2D eigenvalue weighted by Crippen LogP contribution is -2.39. The Kier molecular flexibility index (Phi) is 3.51. The second kappa shape index (κ2) is 5.12. The van der Waals surface area contributed by atoms with Crippen LogP contribution in [0.4, 0.5) is 0 Å². The molecule has 2 N–H and O–H groups in total. The Hall–Kier alpha value is -2.70. The zero-order valence-corrected chi connectivity index (χ0v) is 11.1. The molecule has 0 bridgehead atoms. The highest BCUT2D eigenvalue weighted by atomic mass is 16.3. The number of hydrogen-bond donors (Lipinski definition) is 2. The molecule has 7 heteroatoms. The molecule has 0 spiro atoms. The molecule has 0 saturated carbocycles. The third-order valence-corrected chi connectivity index (χ3v) is 3.19. The molecule has 2 rings (SSSR count). The average molecular weight is 274 g/mol. The first kappa shape index (κ1) is 13.7. The molecule has 1 unspecified atom stereocenters. The first-order chi connectivity index (χ1) is 9.49. The minimum absolute atomic E-state index is 0.0872. The van der Waals surface area contributed by atoms with Crippen molar-refractivity contribution in [2.24, 2.45) is 19.2 Å². The molecule has 0 fully saturated rings. The third kappa shape index (κ3) is 2.03. The third-order valence-electron chi connectivity index (χ3n) is 3.19. The highest BCUT2D eigenvalue weighted by Crippen LogP contribution is 2.28. The molecule has 0 aliphatic carbocycles. The van der Waals surface area contributed by atoms with Gasteiger partial charge in [0.1, 0.15) is 11.6 Å². The topological polar surface area (TPSA) is 100 Å². The van der Waals surface area contributed by atoms with Crippen LogP contribution in [-0.4, -0.2) is 14.2 Å². The Balaban J connectivity index is 2.78. The van der Waals surface area contributed by atoms with Crippen LogP contribution in [0.1, 0.15) is 17.2 Å². The minimum Gasteiger partial charge on any atom is -0.494 e. The van der Waals surface area contributed by atoms with E-state index in [2.05, 4.69) is 5.11 Å². The van der Waals surface area contributed by atoms with Crippen molar-refractivity contribution in [1.82, 2.24) is 9.13 Å². The number of rotatable bonds is 3. The van der Waals surface area contributed by atoms with Gasteiger partial charge < -0.3 is 5.11 Å². The number of aromatic hydroxyl groups is 1. The highest BCUT2D eigenvalue weighted by molar-refractivity contribution is 5.35. The first-order valence-electron chi connectivity index (χ1n) is 5.89. The summed E-state index contributed by atoms with van der Waals surface area (Å²) in [4.78, 5) is 23.9. The number of aromatic nitrogens is 2. The summed E-state index contributed by atoms with van der Waals surface area (Å²) in [6.45, 7) is 0. The molecule has 1 atom stereocenters. The molecular weight excluding hydrogens is 260 g/mol. The lowest BCUT2D eigenvalue weighted by Gasteiger charge is -2.15. The summed E-state index contributed by atoms with van der Waals surface area (Å²) in [5, 5.41) is 13.5. The Bertz CT molecular complexity index is 762. The molecule has 1 aromatic heterocycles. The lowest BCUT2D eigenvalue weighted by atomic mass is 10.0. The minimum atomic E-state index is -0.943. The molecule has 0 saturated heterocycles. The van der Waals surface area contributed by atoms with Crippen LogP contribution in [0.2, 0.25) is 0 Å². The van der Waals surface area contributed by atoms with Gasteiger partial charge >= 0.3 is 5.69 Å². The monoisotopic (exact) mass is 274 g/mol. The zero-order valence-electron chi connectivity index (χ0n) is 11.1. The first-order valence-corrected chi connectivity index (χ1v) is 5.89. The van der Waals surface area contributed by atoms with Gasteiger partial charge in [-0.15, -0.1) is 0 Å². The fourth-order valence-corrected chi connectivity index (χ4v) is 2.04. The van der Waals surface area contributed by atoms with Crippen LogP contribution in [0.25, 0.3) is 0 Å². The average Bonchev–Trinajstić information content (AvgIpc) is 2.48. The number of nitrogens with zero attached hydrogens (tertiary/aromatic N) is 3. The molecule has 7 nitrogen and oxygen atoms in total. The van der Waals surface area contributed by atoms with Gasteiger partial charge in [-0.1, -0.05) is 30.3 Å². The molecule has 2 aromatic rings. The van der Waals surface area contributed by atoms with E-state index in [4.69, 9.17) is 5.53 Å². The van der Waals surface area contributed by atoms with E-state index in [-0.39, 0.29) is 5.56 Å². The maximum Gasteiger partial charge on any atom is 0.333 e. The van der Waals surface area contributed by atoms with Crippen molar-refractivity contribution in [3.63, 3.8) is 0 Å². The van der Waals surface area contributed by atoms with E-state index in [1.165, 1.54) is 14.1 Å². The van der Waals surface area contributed by atoms with Gasteiger partial charge in [-0.3, -0.25) is 13.9 Å². The van der Waals surface area contributed by atoms with Crippen molar-refractivity contribution in [1.29, 1.82) is 5.53 Å². The molecule has 1 heterocycles. The fraction of sp³-hybridized carbons (Fsp3) is 0.231. The molecule has 0 amide bonds. The summed E-state index contributed by atoms with van der Waals surface area (Å²) in [5.74, 6) is -0.469. The van der Waals surface area contributed by atoms with Crippen LogP contribution in [0, 0.1) is 5.53 Å². The van der Waals surface area contributed by atoms with Crippen LogP contribution >= 0.6 is 0 Å². The van der Waals surface area contributed by atoms with Crippen molar-refractivity contribution in [3.8, 4) is 5.88 Å². The summed E-state index contributed by atoms with van der Waals surface area (Å²) in [5.41, 5.74) is 6.52. The van der Waals surface area contributed by atoms with Crippen LogP contribution in [-0.2, 0) is 14.1 Å². The Labute approximate surface area is 114 Å². The summed E-state index contributed by atoms with van der Waals surface area (Å²) < 4.78 is 1.84. The predicted molar refractivity (Wildman–Crippen MR) is 72.0 cm³/mol. The Morgan fingerprint density at radius 3 is 2.30 bits per heavy atom. The van der Waals surface area contributed by atoms with E-state index >= 15 is 0 Å². The van der Waals surface area contributed by atoms with Crippen LogP contribution in [0.15, 0.2) is 45.0 Å². The van der Waals surface area contributed by atoms with Gasteiger partial charge in [0, 0.05) is 14.1 Å². The van der Waals surface area contributed by atoms with E-state index in [9.17, 15) is 14.7 Å². The molecule has 0 aliphatic rings. The van der Waals surface area contributed by atoms with Gasteiger partial charge in [0.15, 0.2) is 0 Å². The van der Waals surface area contributed by atoms with Crippen molar-refractivity contribution in [3.05, 3.63) is 62.3 Å². The van der Waals surface area contributed by atoms with Gasteiger partial charge in [0.25, 0.3) is 5.56 Å². The van der Waals surface area contributed by atoms with Gasteiger partial charge in [-0.2, -0.15) is 5.11 Å². The van der Waals surface area contributed by atoms with Crippen molar-refractivity contribution >= 4 is 0 Å². The van der Waals surface area contributed by atoms with E-state index in [1.54, 1.807) is 30.3 Å². The molecule has 104 valence electrons. The standard InChI is InChI=1S/C13H14N4O3/c1-16-11(18)9(12(19)17(2)13(16)20)10(15-14)8-6-4-3-5-7-8/h3-7,10,14,18H,1-2H3. The largest absolute Gasteiger partial charge is 0.494 e. The van der Waals surface area contributed by atoms with Gasteiger partial charge in [-0.25, -0.2) is 10.3 Å². The van der Waals surface area contributed by atoms with Gasteiger partial charge in [0.2, 0.25) is 5.88 Å². The second-order valence-corrected chi connectivity index (χ2v) is 4.39. The second-order valence-electron chi connectivity index (χ2n) is 4.39. The van der Waals surface area contributed by atoms with Crippen molar-refractivity contribution < 1.29 is 5.11 Å². The summed E-state index contributed by atoms with van der Waals surface area (Å²) in [6, 6.07) is 7.75. The normalized spacial score (nSPS) is 12.1. The van der Waals surface area contributed by atoms with Crippen molar-refractivity contribution in [2.45, 2.75) is 6.04 Å². The van der Waals surface area contributed by atoms with E-state index in [1.807, 2.05) is 0 Å². The van der Waals surface area contributed by atoms with Gasteiger partial charge in [-0.05, 0) is 5.56 Å². The lowest BCUT2D eigenvalue weighted by molar-refractivity contribution is 0.399. The maximum atomic E-state index is 12.2. The smallest absolute Gasteiger partial charge is 0.333 e. The van der Waals surface area contributed by atoms with Crippen LogP contribution < -0.4 is 11.2 Å².